The number of amidine groups is 1. The number of amides is 1. The molecule has 0 radical (unpaired) electrons. The highest BCUT2D eigenvalue weighted by molar-refractivity contribution is 5.89. The minimum atomic E-state index is -0.191. The molecule has 1 saturated heterocycles. The SMILES string of the molecule is C=C/C(=C(C)\C=C\C(=O)N[C@@H]1/C=C/NC([C@H]2CCCN2C)=N/C=C/C1)N(N)c1ccncc1. The molecule has 0 aliphatic carbocycles. The van der Waals surface area contributed by atoms with Crippen LogP contribution >= 0.6 is 0 Å². The molecule has 3 heterocycles. The van der Waals surface area contributed by atoms with Crippen LogP contribution in [0.4, 0.5) is 5.69 Å². The number of aromatic nitrogens is 1. The van der Waals surface area contributed by atoms with E-state index in [1.54, 1.807) is 36.7 Å². The third-order valence-electron chi connectivity index (χ3n) is 5.72. The topological polar surface area (TPSA) is 98.9 Å². The van der Waals surface area contributed by atoms with Crippen LogP contribution in [0.15, 0.2) is 90.1 Å². The standard InChI is InChI=1S/C25H33N7O/c1-4-22(32(26)21-12-15-27-16-13-21)19(2)9-10-24(33)30-20-7-5-14-28-25(29-17-11-20)23-8-6-18-31(23)3/h4-5,9-17,20,23H,1,6-8,18,26H2,2-3H3,(H,28,29)(H,30,33)/b10-9+,14-5+,17-11+,22-19+/t20-,23+/m0/s1. The first-order chi connectivity index (χ1) is 16.0. The molecule has 33 heavy (non-hydrogen) atoms. The summed E-state index contributed by atoms with van der Waals surface area (Å²) < 4.78 is 0. The predicted molar refractivity (Wildman–Crippen MR) is 134 cm³/mol. The molecule has 0 saturated carbocycles. The largest absolute Gasteiger partial charge is 0.349 e. The van der Waals surface area contributed by atoms with Crippen molar-refractivity contribution in [2.24, 2.45) is 10.8 Å². The van der Waals surface area contributed by atoms with Crippen LogP contribution in [0.5, 0.6) is 0 Å². The Morgan fingerprint density at radius 3 is 2.85 bits per heavy atom. The monoisotopic (exact) mass is 447 g/mol. The van der Waals surface area contributed by atoms with Gasteiger partial charge in [0.2, 0.25) is 5.91 Å². The molecule has 0 spiro atoms. The van der Waals surface area contributed by atoms with E-state index in [0.717, 1.165) is 30.1 Å². The van der Waals surface area contributed by atoms with Gasteiger partial charge in [-0.05, 0) is 69.6 Å². The van der Waals surface area contributed by atoms with Gasteiger partial charge in [0.1, 0.15) is 5.84 Å². The number of hydrogen-bond donors (Lipinski definition) is 3. The zero-order valence-electron chi connectivity index (χ0n) is 19.3. The maximum atomic E-state index is 12.6. The Bertz CT molecular complexity index is 978. The van der Waals surface area contributed by atoms with Gasteiger partial charge in [0.15, 0.2) is 0 Å². The lowest BCUT2D eigenvalue weighted by atomic mass is 10.1. The van der Waals surface area contributed by atoms with Crippen LogP contribution in [-0.2, 0) is 4.79 Å². The smallest absolute Gasteiger partial charge is 0.244 e. The molecule has 1 fully saturated rings. The molecule has 1 aromatic heterocycles. The van der Waals surface area contributed by atoms with Gasteiger partial charge in [0, 0.05) is 30.9 Å². The Morgan fingerprint density at radius 1 is 1.36 bits per heavy atom. The number of carbonyl (C=O) groups is 1. The van der Waals surface area contributed by atoms with E-state index in [1.807, 2.05) is 31.5 Å². The average Bonchev–Trinajstić information content (AvgIpc) is 3.29. The molecule has 1 aromatic rings. The number of likely N-dealkylation sites (N-methyl/N-ethyl adjacent to an activating group) is 1. The maximum absolute atomic E-state index is 12.6. The fourth-order valence-electron chi connectivity index (χ4n) is 3.86. The van der Waals surface area contributed by atoms with E-state index in [2.05, 4.69) is 39.1 Å². The van der Waals surface area contributed by atoms with Gasteiger partial charge in [0.25, 0.3) is 0 Å². The minimum Gasteiger partial charge on any atom is -0.349 e. The summed E-state index contributed by atoms with van der Waals surface area (Å²) in [5, 5.41) is 7.83. The first-order valence-electron chi connectivity index (χ1n) is 11.1. The summed E-state index contributed by atoms with van der Waals surface area (Å²) in [6, 6.07) is 3.76. The molecule has 0 bridgehead atoms. The quantitative estimate of drug-likeness (QED) is 0.257. The molecule has 174 valence electrons. The molecule has 0 aromatic carbocycles. The van der Waals surface area contributed by atoms with Crippen molar-refractivity contribution >= 4 is 17.4 Å². The summed E-state index contributed by atoms with van der Waals surface area (Å²) >= 11 is 0. The lowest BCUT2D eigenvalue weighted by Crippen LogP contribution is -2.39. The summed E-state index contributed by atoms with van der Waals surface area (Å²) in [5.41, 5.74) is 2.28. The average molecular weight is 448 g/mol. The molecule has 0 unspecified atom stereocenters. The zero-order chi connectivity index (χ0) is 23.6. The summed E-state index contributed by atoms with van der Waals surface area (Å²) in [4.78, 5) is 23.5. The predicted octanol–water partition coefficient (Wildman–Crippen LogP) is 2.78. The van der Waals surface area contributed by atoms with Crippen molar-refractivity contribution in [2.75, 3.05) is 18.6 Å². The van der Waals surface area contributed by atoms with E-state index >= 15 is 0 Å². The number of pyridine rings is 1. The van der Waals surface area contributed by atoms with Crippen molar-refractivity contribution in [3.05, 3.63) is 85.2 Å². The van der Waals surface area contributed by atoms with Crippen LogP contribution in [0.3, 0.4) is 0 Å². The normalized spacial score (nSPS) is 23.9. The van der Waals surface area contributed by atoms with Crippen LogP contribution in [-0.4, -0.2) is 47.3 Å². The molecule has 1 amide bonds. The Morgan fingerprint density at radius 2 is 2.15 bits per heavy atom. The second-order valence-electron chi connectivity index (χ2n) is 8.07. The highest BCUT2D eigenvalue weighted by atomic mass is 16.1. The van der Waals surface area contributed by atoms with Gasteiger partial charge in [0.05, 0.1) is 23.5 Å². The fourth-order valence-corrected chi connectivity index (χ4v) is 3.86. The first-order valence-corrected chi connectivity index (χ1v) is 11.1. The van der Waals surface area contributed by atoms with Crippen LogP contribution < -0.4 is 21.5 Å². The number of hydrazine groups is 1. The maximum Gasteiger partial charge on any atom is 0.244 e. The van der Waals surface area contributed by atoms with Crippen molar-refractivity contribution in [3.63, 3.8) is 0 Å². The summed E-state index contributed by atoms with van der Waals surface area (Å²) in [5.74, 6) is 6.97. The molecular formula is C25H33N7O. The third-order valence-corrected chi connectivity index (χ3v) is 5.72. The molecule has 2 atom stereocenters. The van der Waals surface area contributed by atoms with Gasteiger partial charge >= 0.3 is 0 Å². The third kappa shape index (κ3) is 6.74. The van der Waals surface area contributed by atoms with Gasteiger partial charge < -0.3 is 10.6 Å². The number of allylic oxidation sites excluding steroid dienone is 3. The van der Waals surface area contributed by atoms with E-state index < -0.39 is 0 Å². The zero-order valence-corrected chi connectivity index (χ0v) is 19.3. The number of nitrogens with one attached hydrogen (secondary N) is 2. The van der Waals surface area contributed by atoms with Crippen molar-refractivity contribution < 1.29 is 4.79 Å². The van der Waals surface area contributed by atoms with Gasteiger partial charge in [-0.1, -0.05) is 18.7 Å². The summed E-state index contributed by atoms with van der Waals surface area (Å²) in [6.07, 6.45) is 18.8. The molecule has 8 nitrogen and oxygen atoms in total. The number of aliphatic imine (C=N–C) groups is 1. The highest BCUT2D eigenvalue weighted by Crippen LogP contribution is 2.18. The molecule has 8 heteroatoms. The second-order valence-corrected chi connectivity index (χ2v) is 8.07. The Kier molecular flexibility index (Phi) is 8.74. The van der Waals surface area contributed by atoms with Crippen LogP contribution in [0.1, 0.15) is 26.2 Å². The van der Waals surface area contributed by atoms with E-state index in [9.17, 15) is 4.79 Å². The van der Waals surface area contributed by atoms with Crippen LogP contribution in [0.25, 0.3) is 0 Å². The van der Waals surface area contributed by atoms with Crippen molar-refractivity contribution in [2.45, 2.75) is 38.3 Å². The number of hydrogen-bond acceptors (Lipinski definition) is 7. The van der Waals surface area contributed by atoms with Gasteiger partial charge in [-0.3, -0.25) is 19.7 Å². The second kappa shape index (κ2) is 11.9. The summed E-state index contributed by atoms with van der Waals surface area (Å²) in [7, 11) is 2.12. The number of likely N-dealkylation sites (tertiary alicyclic amines) is 1. The number of anilines is 1. The van der Waals surface area contributed by atoms with Crippen molar-refractivity contribution in [1.29, 1.82) is 0 Å². The molecule has 2 aliphatic rings. The molecule has 2 aliphatic heterocycles. The number of rotatable bonds is 7. The van der Waals surface area contributed by atoms with Crippen LogP contribution in [0, 0.1) is 0 Å². The van der Waals surface area contributed by atoms with Gasteiger partial charge in [-0.15, -0.1) is 0 Å². The van der Waals surface area contributed by atoms with Crippen molar-refractivity contribution in [1.82, 2.24) is 20.5 Å². The van der Waals surface area contributed by atoms with Gasteiger partial charge in [-0.25, -0.2) is 10.8 Å². The van der Waals surface area contributed by atoms with E-state index in [-0.39, 0.29) is 11.9 Å². The highest BCUT2D eigenvalue weighted by Gasteiger charge is 2.25. The van der Waals surface area contributed by atoms with E-state index in [1.165, 1.54) is 17.5 Å². The number of nitrogens with two attached hydrogens (primary N) is 1. The Balaban J connectivity index is 1.61. The number of carbonyl (C=O) groups excluding carboxylic acids is 1. The molecular weight excluding hydrogens is 414 g/mol. The lowest BCUT2D eigenvalue weighted by Gasteiger charge is -2.21. The molecule has 4 N–H and O–H groups in total. The van der Waals surface area contributed by atoms with Gasteiger partial charge in [-0.2, -0.15) is 0 Å². The minimum absolute atomic E-state index is 0.146. The first kappa shape index (κ1) is 24.2. The number of nitrogens with zero attached hydrogens (tertiary/aromatic N) is 4. The fraction of sp³-hybridized carbons (Fsp3) is 0.320. The molecule has 3 rings (SSSR count). The lowest BCUT2D eigenvalue weighted by molar-refractivity contribution is -0.116. The van der Waals surface area contributed by atoms with Crippen molar-refractivity contribution in [3.8, 4) is 0 Å². The van der Waals surface area contributed by atoms with E-state index in [0.29, 0.717) is 18.2 Å². The Labute approximate surface area is 195 Å². The Hall–Kier alpha value is -3.49. The summed E-state index contributed by atoms with van der Waals surface area (Å²) in [6.45, 7) is 6.81. The van der Waals surface area contributed by atoms with E-state index in [4.69, 9.17) is 5.84 Å². The van der Waals surface area contributed by atoms with Crippen LogP contribution in [0.2, 0.25) is 0 Å².